The van der Waals surface area contributed by atoms with Gasteiger partial charge in [0.25, 0.3) is 0 Å². The SMILES string of the molecule is CNCCC(=O)N1CCCCC1C(N)=O.Cl. The summed E-state index contributed by atoms with van der Waals surface area (Å²) in [6.07, 6.45) is 3.08. The molecule has 0 aliphatic carbocycles. The number of halogens is 1. The topological polar surface area (TPSA) is 75.4 Å². The van der Waals surface area contributed by atoms with Gasteiger partial charge in [-0.25, -0.2) is 0 Å². The molecule has 0 aromatic carbocycles. The van der Waals surface area contributed by atoms with Crippen LogP contribution in [0.1, 0.15) is 25.7 Å². The summed E-state index contributed by atoms with van der Waals surface area (Å²) in [5.41, 5.74) is 5.28. The van der Waals surface area contributed by atoms with E-state index < -0.39 is 0 Å². The zero-order valence-corrected chi connectivity index (χ0v) is 10.4. The molecule has 5 nitrogen and oxygen atoms in total. The maximum absolute atomic E-state index is 11.8. The van der Waals surface area contributed by atoms with Gasteiger partial charge in [0.15, 0.2) is 0 Å². The molecule has 1 fully saturated rings. The zero-order valence-electron chi connectivity index (χ0n) is 9.57. The van der Waals surface area contributed by atoms with Gasteiger partial charge >= 0.3 is 0 Å². The molecule has 0 aromatic heterocycles. The quantitative estimate of drug-likeness (QED) is 0.730. The Balaban J connectivity index is 0.00000225. The second kappa shape index (κ2) is 7.46. The Kier molecular flexibility index (Phi) is 7.08. The maximum Gasteiger partial charge on any atom is 0.240 e. The van der Waals surface area contributed by atoms with Gasteiger partial charge in [-0.3, -0.25) is 9.59 Å². The number of primary amides is 1. The highest BCUT2D eigenvalue weighted by Crippen LogP contribution is 2.17. The maximum atomic E-state index is 11.8. The minimum absolute atomic E-state index is 0. The molecule has 6 heteroatoms. The molecule has 1 rings (SSSR count). The lowest BCUT2D eigenvalue weighted by Crippen LogP contribution is -2.50. The molecule has 94 valence electrons. The van der Waals surface area contributed by atoms with Crippen molar-refractivity contribution in [2.24, 2.45) is 5.73 Å². The summed E-state index contributed by atoms with van der Waals surface area (Å²) in [6.45, 7) is 1.30. The molecular weight excluding hydrogens is 230 g/mol. The molecular formula is C10H20ClN3O2. The summed E-state index contributed by atoms with van der Waals surface area (Å²) in [6, 6.07) is -0.386. The fourth-order valence-electron chi connectivity index (χ4n) is 1.90. The predicted molar refractivity (Wildman–Crippen MR) is 64.3 cm³/mol. The van der Waals surface area contributed by atoms with Crippen molar-refractivity contribution in [3.8, 4) is 0 Å². The van der Waals surface area contributed by atoms with Crippen LogP contribution in [0.3, 0.4) is 0 Å². The Morgan fingerprint density at radius 2 is 2.12 bits per heavy atom. The number of piperidine rings is 1. The first-order valence-electron chi connectivity index (χ1n) is 5.40. The summed E-state index contributed by atoms with van der Waals surface area (Å²) in [7, 11) is 1.80. The summed E-state index contributed by atoms with van der Waals surface area (Å²) in [5, 5.41) is 2.92. The van der Waals surface area contributed by atoms with Crippen LogP contribution in [0.25, 0.3) is 0 Å². The van der Waals surface area contributed by atoms with Crippen LogP contribution in [-0.4, -0.2) is 42.9 Å². The van der Waals surface area contributed by atoms with E-state index in [1.54, 1.807) is 11.9 Å². The normalized spacial score (nSPS) is 20.1. The fourth-order valence-corrected chi connectivity index (χ4v) is 1.90. The first-order chi connectivity index (χ1) is 7.16. The van der Waals surface area contributed by atoms with Gasteiger partial charge in [0, 0.05) is 19.5 Å². The van der Waals surface area contributed by atoms with Crippen molar-refractivity contribution < 1.29 is 9.59 Å². The van der Waals surface area contributed by atoms with E-state index in [9.17, 15) is 9.59 Å². The Bertz CT molecular complexity index is 248. The molecule has 0 saturated carbocycles. The van der Waals surface area contributed by atoms with Gasteiger partial charge in [-0.1, -0.05) is 0 Å². The van der Waals surface area contributed by atoms with Gasteiger partial charge in [0.2, 0.25) is 11.8 Å². The van der Waals surface area contributed by atoms with E-state index in [0.29, 0.717) is 25.9 Å². The van der Waals surface area contributed by atoms with E-state index in [4.69, 9.17) is 5.73 Å². The van der Waals surface area contributed by atoms with Crippen LogP contribution in [0.15, 0.2) is 0 Å². The van der Waals surface area contributed by atoms with Crippen molar-refractivity contribution in [2.45, 2.75) is 31.7 Å². The highest BCUT2D eigenvalue weighted by molar-refractivity contribution is 5.86. The average molecular weight is 250 g/mol. The average Bonchev–Trinajstić information content (AvgIpc) is 2.25. The number of nitrogens with one attached hydrogen (secondary N) is 1. The lowest BCUT2D eigenvalue weighted by atomic mass is 10.0. The predicted octanol–water partition coefficient (Wildman–Crippen LogP) is -0.116. The van der Waals surface area contributed by atoms with Gasteiger partial charge in [0.1, 0.15) is 6.04 Å². The summed E-state index contributed by atoms with van der Waals surface area (Å²) < 4.78 is 0. The molecule has 1 heterocycles. The second-order valence-electron chi connectivity index (χ2n) is 3.85. The zero-order chi connectivity index (χ0) is 11.3. The van der Waals surface area contributed by atoms with Gasteiger partial charge in [-0.05, 0) is 26.3 Å². The minimum Gasteiger partial charge on any atom is -0.368 e. The molecule has 1 saturated heterocycles. The number of hydrogen-bond acceptors (Lipinski definition) is 3. The van der Waals surface area contributed by atoms with Crippen molar-refractivity contribution in [2.75, 3.05) is 20.1 Å². The van der Waals surface area contributed by atoms with Crippen molar-refractivity contribution in [1.82, 2.24) is 10.2 Å². The van der Waals surface area contributed by atoms with E-state index >= 15 is 0 Å². The van der Waals surface area contributed by atoms with Gasteiger partial charge in [0.05, 0.1) is 0 Å². The van der Waals surface area contributed by atoms with Gasteiger partial charge in [-0.2, -0.15) is 0 Å². The van der Waals surface area contributed by atoms with Crippen molar-refractivity contribution in [3.05, 3.63) is 0 Å². The fraction of sp³-hybridized carbons (Fsp3) is 0.800. The summed E-state index contributed by atoms with van der Waals surface area (Å²) in [5.74, 6) is -0.361. The number of likely N-dealkylation sites (tertiary alicyclic amines) is 1. The monoisotopic (exact) mass is 249 g/mol. The largest absolute Gasteiger partial charge is 0.368 e. The Labute approximate surface area is 102 Å². The van der Waals surface area contributed by atoms with Crippen LogP contribution in [0, 0.1) is 0 Å². The number of carbonyl (C=O) groups excluding carboxylic acids is 2. The highest BCUT2D eigenvalue weighted by atomic mass is 35.5. The molecule has 0 aromatic rings. The molecule has 1 aliphatic rings. The van der Waals surface area contributed by atoms with Crippen LogP contribution in [0.5, 0.6) is 0 Å². The Morgan fingerprint density at radius 3 is 2.69 bits per heavy atom. The van der Waals surface area contributed by atoms with E-state index in [1.165, 1.54) is 0 Å². The van der Waals surface area contributed by atoms with Crippen LogP contribution >= 0.6 is 12.4 Å². The molecule has 0 spiro atoms. The molecule has 3 N–H and O–H groups in total. The number of amides is 2. The van der Waals surface area contributed by atoms with Gasteiger partial charge in [-0.15, -0.1) is 12.4 Å². The minimum atomic E-state index is -0.386. The molecule has 1 atom stereocenters. The standard InChI is InChI=1S/C10H19N3O2.ClH/c1-12-6-5-9(14)13-7-3-2-4-8(13)10(11)15;/h8,12H,2-7H2,1H3,(H2,11,15);1H. The first-order valence-corrected chi connectivity index (χ1v) is 5.40. The van der Waals surface area contributed by atoms with Crippen molar-refractivity contribution in [3.63, 3.8) is 0 Å². The number of hydrogen-bond donors (Lipinski definition) is 2. The third kappa shape index (κ3) is 3.98. The first kappa shape index (κ1) is 15.2. The van der Waals surface area contributed by atoms with E-state index in [-0.39, 0.29) is 30.3 Å². The smallest absolute Gasteiger partial charge is 0.240 e. The van der Waals surface area contributed by atoms with Gasteiger partial charge < -0.3 is 16.0 Å². The molecule has 1 aliphatic heterocycles. The molecule has 1 unspecified atom stereocenters. The number of nitrogens with two attached hydrogens (primary N) is 1. The van der Waals surface area contributed by atoms with Crippen molar-refractivity contribution >= 4 is 24.2 Å². The number of carbonyl (C=O) groups is 2. The lowest BCUT2D eigenvalue weighted by Gasteiger charge is -2.33. The van der Waals surface area contributed by atoms with Crippen LogP contribution in [0.4, 0.5) is 0 Å². The highest BCUT2D eigenvalue weighted by Gasteiger charge is 2.29. The van der Waals surface area contributed by atoms with Crippen LogP contribution < -0.4 is 11.1 Å². The Hall–Kier alpha value is -0.810. The van der Waals surface area contributed by atoms with Crippen LogP contribution in [-0.2, 0) is 9.59 Å². The van der Waals surface area contributed by atoms with Crippen LogP contribution in [0.2, 0.25) is 0 Å². The van der Waals surface area contributed by atoms with E-state index in [1.807, 2.05) is 0 Å². The molecule has 0 radical (unpaired) electrons. The second-order valence-corrected chi connectivity index (χ2v) is 3.85. The molecule has 16 heavy (non-hydrogen) atoms. The third-order valence-electron chi connectivity index (χ3n) is 2.74. The van der Waals surface area contributed by atoms with E-state index in [0.717, 1.165) is 12.8 Å². The van der Waals surface area contributed by atoms with E-state index in [2.05, 4.69) is 5.32 Å². The third-order valence-corrected chi connectivity index (χ3v) is 2.74. The number of nitrogens with zero attached hydrogens (tertiary/aromatic N) is 1. The number of rotatable bonds is 4. The summed E-state index contributed by atoms with van der Waals surface area (Å²) in [4.78, 5) is 24.5. The summed E-state index contributed by atoms with van der Waals surface area (Å²) >= 11 is 0. The molecule has 0 bridgehead atoms. The molecule has 2 amide bonds. The Morgan fingerprint density at radius 1 is 1.44 bits per heavy atom. The van der Waals surface area contributed by atoms with Crippen molar-refractivity contribution in [1.29, 1.82) is 0 Å². The lowest BCUT2D eigenvalue weighted by molar-refractivity contribution is -0.140.